The molecule has 0 aromatic heterocycles. The van der Waals surface area contributed by atoms with Crippen molar-refractivity contribution in [1.29, 1.82) is 0 Å². The molecule has 1 heterocycles. The fourth-order valence-electron chi connectivity index (χ4n) is 2.99. The molecule has 34 heavy (non-hydrogen) atoms. The molecule has 2 aromatic carbocycles. The zero-order chi connectivity index (χ0) is 25.3. The molecule has 0 aliphatic carbocycles. The summed E-state index contributed by atoms with van der Waals surface area (Å²) in [5.41, 5.74) is -4.36. The van der Waals surface area contributed by atoms with Crippen LogP contribution in [0.4, 0.5) is 36.8 Å². The summed E-state index contributed by atoms with van der Waals surface area (Å²) in [7, 11) is 0. The van der Waals surface area contributed by atoms with Gasteiger partial charge in [0.25, 0.3) is 5.91 Å². The number of hydrogen-bond donors (Lipinski definition) is 1. The number of hydrogen-bond acceptors (Lipinski definition) is 4. The molecule has 1 fully saturated rings. The van der Waals surface area contributed by atoms with Crippen molar-refractivity contribution in [2.75, 3.05) is 31.6 Å². The number of carbonyl (C=O) groups excluding carboxylic acids is 2. The molecule has 0 spiro atoms. The second-order valence-electron chi connectivity index (χ2n) is 6.94. The summed E-state index contributed by atoms with van der Waals surface area (Å²) in [6.07, 6.45) is -10.8. The lowest BCUT2D eigenvalue weighted by Crippen LogP contribution is -2.42. The number of alkyl halides is 6. The van der Waals surface area contributed by atoms with Gasteiger partial charge < -0.3 is 19.7 Å². The maximum atomic E-state index is 13.4. The third kappa shape index (κ3) is 6.21. The number of carbonyl (C=O) groups is 2. The van der Waals surface area contributed by atoms with E-state index in [1.807, 2.05) is 5.32 Å². The van der Waals surface area contributed by atoms with Crippen molar-refractivity contribution in [3.8, 4) is 5.75 Å². The molecule has 1 N–H and O–H groups in total. The summed E-state index contributed by atoms with van der Waals surface area (Å²) < 4.78 is 90.2. The molecule has 14 heteroatoms. The van der Waals surface area contributed by atoms with Gasteiger partial charge in [-0.2, -0.15) is 26.3 Å². The van der Waals surface area contributed by atoms with Crippen LogP contribution in [0.1, 0.15) is 21.5 Å². The van der Waals surface area contributed by atoms with E-state index >= 15 is 0 Å². The summed E-state index contributed by atoms with van der Waals surface area (Å²) >= 11 is 6.25. The Hall–Kier alpha value is -2.32. The molecule has 0 unspecified atom stereocenters. The Kier molecular flexibility index (Phi) is 7.82. The molecule has 1 saturated heterocycles. The Morgan fingerprint density at radius 3 is 2.21 bits per heavy atom. The third-order valence-corrected chi connectivity index (χ3v) is 5.66. The second kappa shape index (κ2) is 10.1. The Labute approximate surface area is 205 Å². The Balaban J connectivity index is 1.98. The van der Waals surface area contributed by atoms with Crippen LogP contribution >= 0.6 is 31.9 Å². The Bertz CT molecular complexity index is 1100. The van der Waals surface area contributed by atoms with Gasteiger partial charge in [-0.05, 0) is 46.3 Å². The smallest absolute Gasteiger partial charge is 0.408 e. The normalized spacial score (nSPS) is 14.6. The van der Waals surface area contributed by atoms with Crippen LogP contribution in [0.15, 0.2) is 39.3 Å². The number of amides is 2. The molecule has 2 aromatic rings. The van der Waals surface area contributed by atoms with E-state index in [4.69, 9.17) is 9.47 Å². The topological polar surface area (TPSA) is 67.9 Å². The van der Waals surface area contributed by atoms with Gasteiger partial charge in [0, 0.05) is 17.6 Å². The summed E-state index contributed by atoms with van der Waals surface area (Å²) in [4.78, 5) is 26.7. The van der Waals surface area contributed by atoms with E-state index in [-0.39, 0.29) is 59.2 Å². The maximum absolute atomic E-state index is 13.4. The molecule has 6 nitrogen and oxygen atoms in total. The summed E-state index contributed by atoms with van der Waals surface area (Å²) in [5.74, 6) is -1.55. The van der Waals surface area contributed by atoms with Gasteiger partial charge in [0.15, 0.2) is 5.75 Å². The van der Waals surface area contributed by atoms with Crippen molar-refractivity contribution in [2.24, 2.45) is 0 Å². The molecule has 0 saturated carbocycles. The van der Waals surface area contributed by atoms with Gasteiger partial charge in [0.1, 0.15) is 0 Å². The highest BCUT2D eigenvalue weighted by Gasteiger charge is 2.38. The largest absolute Gasteiger partial charge is 0.418 e. The zero-order valence-electron chi connectivity index (χ0n) is 16.8. The predicted octanol–water partition coefficient (Wildman–Crippen LogP) is 6.33. The highest BCUT2D eigenvalue weighted by atomic mass is 79.9. The number of benzene rings is 2. The van der Waals surface area contributed by atoms with Crippen LogP contribution < -0.4 is 10.1 Å². The van der Waals surface area contributed by atoms with E-state index in [1.165, 1.54) is 11.0 Å². The molecule has 0 atom stereocenters. The first kappa shape index (κ1) is 26.3. The van der Waals surface area contributed by atoms with E-state index in [1.54, 1.807) is 0 Å². The number of morpholine rings is 1. The molecular weight excluding hydrogens is 606 g/mol. The number of ether oxygens (including phenoxy) is 2. The molecule has 184 valence electrons. The van der Waals surface area contributed by atoms with Crippen LogP contribution in [0.25, 0.3) is 0 Å². The molecule has 3 rings (SSSR count). The summed E-state index contributed by atoms with van der Waals surface area (Å²) in [5, 5.41) is 1.87. The van der Waals surface area contributed by atoms with Gasteiger partial charge in [-0.25, -0.2) is 4.79 Å². The van der Waals surface area contributed by atoms with Gasteiger partial charge in [-0.3, -0.25) is 4.79 Å². The third-order valence-electron chi connectivity index (χ3n) is 4.61. The predicted molar refractivity (Wildman–Crippen MR) is 115 cm³/mol. The van der Waals surface area contributed by atoms with E-state index in [0.717, 1.165) is 6.07 Å². The minimum atomic E-state index is -5.05. The first-order valence-electron chi connectivity index (χ1n) is 9.40. The number of halogens is 8. The number of nitrogens with one attached hydrogen (secondary N) is 1. The van der Waals surface area contributed by atoms with Crippen molar-refractivity contribution in [2.45, 2.75) is 12.4 Å². The van der Waals surface area contributed by atoms with Crippen molar-refractivity contribution in [3.05, 3.63) is 56.0 Å². The first-order chi connectivity index (χ1) is 15.8. The summed E-state index contributed by atoms with van der Waals surface area (Å²) in [6.45, 7) is 0.959. The quantitative estimate of drug-likeness (QED) is 0.408. The zero-order valence-corrected chi connectivity index (χ0v) is 20.0. The van der Waals surface area contributed by atoms with Crippen molar-refractivity contribution < 1.29 is 45.4 Å². The van der Waals surface area contributed by atoms with Gasteiger partial charge in [0.05, 0.1) is 40.1 Å². The van der Waals surface area contributed by atoms with Gasteiger partial charge in [-0.15, -0.1) is 0 Å². The minimum absolute atomic E-state index is 0.105. The van der Waals surface area contributed by atoms with Crippen molar-refractivity contribution >= 4 is 49.5 Å². The molecular formula is C20H14Br2F6N2O4. The molecule has 0 radical (unpaired) electrons. The van der Waals surface area contributed by atoms with Crippen LogP contribution in [0, 0.1) is 0 Å². The standard InChI is InChI=1S/C20H14Br2F6N2O4/c21-11-8-12(16(14(22)9-11)34-18(32)30-3-5-33-6-4-30)17(31)29-15-7-10(19(23,24)25)1-2-13(15)20(26,27)28/h1-2,7-9H,3-6H2,(H,29,31). The lowest BCUT2D eigenvalue weighted by molar-refractivity contribution is -0.140. The average molecular weight is 620 g/mol. The fraction of sp³-hybridized carbons (Fsp3) is 0.300. The van der Waals surface area contributed by atoms with Crippen LogP contribution in [0.3, 0.4) is 0 Å². The number of anilines is 1. The first-order valence-corrected chi connectivity index (χ1v) is 11.0. The highest BCUT2D eigenvalue weighted by molar-refractivity contribution is 9.11. The fourth-order valence-corrected chi connectivity index (χ4v) is 4.30. The van der Waals surface area contributed by atoms with Gasteiger partial charge in [0.2, 0.25) is 0 Å². The van der Waals surface area contributed by atoms with Gasteiger partial charge >= 0.3 is 18.4 Å². The van der Waals surface area contributed by atoms with Crippen molar-refractivity contribution in [1.82, 2.24) is 4.90 Å². The average Bonchev–Trinajstić information content (AvgIpc) is 2.74. The Morgan fingerprint density at radius 2 is 1.62 bits per heavy atom. The van der Waals surface area contributed by atoms with E-state index < -0.39 is 46.7 Å². The van der Waals surface area contributed by atoms with E-state index in [9.17, 15) is 35.9 Å². The van der Waals surface area contributed by atoms with Crippen LogP contribution in [0.2, 0.25) is 0 Å². The molecule has 2 amide bonds. The number of rotatable bonds is 3. The molecule has 0 bridgehead atoms. The monoisotopic (exact) mass is 618 g/mol. The van der Waals surface area contributed by atoms with E-state index in [0.29, 0.717) is 0 Å². The molecule has 1 aliphatic rings. The summed E-state index contributed by atoms with van der Waals surface area (Å²) in [6, 6.07) is 3.26. The highest BCUT2D eigenvalue weighted by Crippen LogP contribution is 2.40. The van der Waals surface area contributed by atoms with Crippen LogP contribution in [-0.4, -0.2) is 43.2 Å². The SMILES string of the molecule is O=C(Nc1cc(C(F)(F)F)ccc1C(F)(F)F)c1cc(Br)cc(Br)c1OC(=O)N1CCOCC1. The second-order valence-corrected chi connectivity index (χ2v) is 8.71. The lowest BCUT2D eigenvalue weighted by Gasteiger charge is -2.26. The van der Waals surface area contributed by atoms with Gasteiger partial charge in [-0.1, -0.05) is 15.9 Å². The Morgan fingerprint density at radius 1 is 0.971 bits per heavy atom. The molecule has 1 aliphatic heterocycles. The van der Waals surface area contributed by atoms with E-state index in [2.05, 4.69) is 31.9 Å². The minimum Gasteiger partial charge on any atom is -0.408 e. The van der Waals surface area contributed by atoms with Crippen LogP contribution in [0.5, 0.6) is 5.75 Å². The maximum Gasteiger partial charge on any atom is 0.418 e. The van der Waals surface area contributed by atoms with Crippen molar-refractivity contribution in [3.63, 3.8) is 0 Å². The number of nitrogens with zero attached hydrogens (tertiary/aromatic N) is 1. The lowest BCUT2D eigenvalue weighted by atomic mass is 10.1. The van der Waals surface area contributed by atoms with Crippen LogP contribution in [-0.2, 0) is 17.1 Å².